The monoisotopic (exact) mass is 414 g/mol. The molecule has 26 heavy (non-hydrogen) atoms. The predicted octanol–water partition coefficient (Wildman–Crippen LogP) is 4.49. The molecule has 0 aliphatic carbocycles. The lowest BCUT2D eigenvalue weighted by Crippen LogP contribution is -2.31. The average molecular weight is 415 g/mol. The van der Waals surface area contributed by atoms with Crippen molar-refractivity contribution in [2.24, 2.45) is 0 Å². The van der Waals surface area contributed by atoms with Gasteiger partial charge in [0.05, 0.1) is 11.9 Å². The second-order valence-corrected chi connectivity index (χ2v) is 8.70. The highest BCUT2D eigenvalue weighted by Crippen LogP contribution is 2.22. The molecule has 0 bridgehead atoms. The summed E-state index contributed by atoms with van der Waals surface area (Å²) in [6.45, 7) is 2.06. The first-order valence-electron chi connectivity index (χ1n) is 7.96. The van der Waals surface area contributed by atoms with Gasteiger partial charge >= 0.3 is 0 Å². The van der Waals surface area contributed by atoms with E-state index in [1.165, 1.54) is 4.31 Å². The van der Waals surface area contributed by atoms with Gasteiger partial charge in [0.25, 0.3) is 0 Å². The van der Waals surface area contributed by atoms with Gasteiger partial charge in [-0.15, -0.1) is 0 Å². The zero-order valence-electron chi connectivity index (χ0n) is 14.5. The summed E-state index contributed by atoms with van der Waals surface area (Å²) in [5.41, 5.74) is 2.08. The first-order chi connectivity index (χ1) is 12.2. The van der Waals surface area contributed by atoms with Crippen LogP contribution in [0.25, 0.3) is 0 Å². The highest BCUT2D eigenvalue weighted by atomic mass is 35.5. The van der Waals surface area contributed by atoms with E-state index in [4.69, 9.17) is 23.2 Å². The van der Waals surface area contributed by atoms with Crippen LogP contribution in [0.3, 0.4) is 0 Å². The minimum Gasteiger partial charge on any atom is -0.326 e. The molecule has 2 aromatic carbocycles. The van der Waals surface area contributed by atoms with Crippen molar-refractivity contribution in [3.05, 3.63) is 58.1 Å². The van der Waals surface area contributed by atoms with Crippen LogP contribution in [0, 0.1) is 6.92 Å². The lowest BCUT2D eigenvalue weighted by Gasteiger charge is -2.22. The van der Waals surface area contributed by atoms with Crippen molar-refractivity contribution in [3.63, 3.8) is 0 Å². The summed E-state index contributed by atoms with van der Waals surface area (Å²) in [7, 11) is -3.46. The van der Waals surface area contributed by atoms with Gasteiger partial charge in [0, 0.05) is 28.7 Å². The van der Waals surface area contributed by atoms with Gasteiger partial charge in [-0.2, -0.15) is 0 Å². The van der Waals surface area contributed by atoms with E-state index < -0.39 is 10.0 Å². The smallest absolute Gasteiger partial charge is 0.232 e. The van der Waals surface area contributed by atoms with Gasteiger partial charge in [-0.3, -0.25) is 9.10 Å². The minimum absolute atomic E-state index is 0.181. The third-order valence-electron chi connectivity index (χ3n) is 3.74. The van der Waals surface area contributed by atoms with Crippen LogP contribution in [0.1, 0.15) is 18.4 Å². The normalized spacial score (nSPS) is 11.2. The molecule has 0 aromatic heterocycles. The van der Waals surface area contributed by atoms with Crippen molar-refractivity contribution in [1.29, 1.82) is 0 Å². The number of carbonyl (C=O) groups excluding carboxylic acids is 1. The van der Waals surface area contributed by atoms with E-state index in [0.29, 0.717) is 27.8 Å². The molecule has 140 valence electrons. The van der Waals surface area contributed by atoms with Gasteiger partial charge in [-0.25, -0.2) is 8.42 Å². The molecular weight excluding hydrogens is 395 g/mol. The molecule has 2 rings (SSSR count). The van der Waals surface area contributed by atoms with Gasteiger partial charge < -0.3 is 5.32 Å². The van der Waals surface area contributed by atoms with Crippen LogP contribution in [0.4, 0.5) is 11.4 Å². The zero-order valence-corrected chi connectivity index (χ0v) is 16.8. The zero-order chi connectivity index (χ0) is 19.3. The maximum atomic E-state index is 12.1. The third-order valence-corrected chi connectivity index (χ3v) is 5.42. The molecule has 0 spiro atoms. The van der Waals surface area contributed by atoms with Crippen molar-refractivity contribution >= 4 is 50.5 Å². The summed E-state index contributed by atoms with van der Waals surface area (Å²) in [5, 5.41) is 3.95. The first-order valence-corrected chi connectivity index (χ1v) is 10.6. The SMILES string of the molecule is Cc1cc(Cl)ccc1NC(=O)CCCN(c1ccc(Cl)cc1)S(C)(=O)=O. The molecule has 8 heteroatoms. The summed E-state index contributed by atoms with van der Waals surface area (Å²) in [6.07, 6.45) is 1.72. The maximum Gasteiger partial charge on any atom is 0.232 e. The number of carbonyl (C=O) groups is 1. The van der Waals surface area contributed by atoms with Crippen LogP contribution < -0.4 is 9.62 Å². The lowest BCUT2D eigenvalue weighted by molar-refractivity contribution is -0.116. The van der Waals surface area contributed by atoms with E-state index in [2.05, 4.69) is 5.32 Å². The molecule has 0 heterocycles. The van der Waals surface area contributed by atoms with Crippen molar-refractivity contribution in [1.82, 2.24) is 0 Å². The van der Waals surface area contributed by atoms with Crippen molar-refractivity contribution in [2.45, 2.75) is 19.8 Å². The molecule has 5 nitrogen and oxygen atoms in total. The number of nitrogens with zero attached hydrogens (tertiary/aromatic N) is 1. The van der Waals surface area contributed by atoms with Crippen molar-refractivity contribution in [3.8, 4) is 0 Å². The summed E-state index contributed by atoms with van der Waals surface area (Å²) in [5.74, 6) is -0.181. The van der Waals surface area contributed by atoms with Gasteiger partial charge in [-0.05, 0) is 61.4 Å². The Labute approximate surface area is 164 Å². The molecule has 0 atom stereocenters. The topological polar surface area (TPSA) is 66.5 Å². The number of rotatable bonds is 7. The summed E-state index contributed by atoms with van der Waals surface area (Å²) in [6, 6.07) is 11.8. The fourth-order valence-corrected chi connectivity index (χ4v) is 3.78. The fraction of sp³-hybridized carbons (Fsp3) is 0.278. The number of hydrogen-bond acceptors (Lipinski definition) is 3. The van der Waals surface area contributed by atoms with Crippen LogP contribution in [0.15, 0.2) is 42.5 Å². The van der Waals surface area contributed by atoms with E-state index in [9.17, 15) is 13.2 Å². The minimum atomic E-state index is -3.46. The molecule has 0 saturated carbocycles. The molecule has 1 N–H and O–H groups in total. The fourth-order valence-electron chi connectivity index (χ4n) is 2.46. The maximum absolute atomic E-state index is 12.1. The number of benzene rings is 2. The second-order valence-electron chi connectivity index (χ2n) is 5.92. The molecule has 1 amide bonds. The van der Waals surface area contributed by atoms with Crippen molar-refractivity contribution < 1.29 is 13.2 Å². The molecular formula is C18H20Cl2N2O3S. The van der Waals surface area contributed by atoms with E-state index in [0.717, 1.165) is 11.8 Å². The Kier molecular flexibility index (Phi) is 6.92. The average Bonchev–Trinajstić information content (AvgIpc) is 2.54. The quantitative estimate of drug-likeness (QED) is 0.725. The Morgan fingerprint density at radius 2 is 1.69 bits per heavy atom. The number of aryl methyl sites for hydroxylation is 1. The van der Waals surface area contributed by atoms with E-state index in [-0.39, 0.29) is 18.9 Å². The predicted molar refractivity (Wildman–Crippen MR) is 108 cm³/mol. The Morgan fingerprint density at radius 1 is 1.08 bits per heavy atom. The number of nitrogens with one attached hydrogen (secondary N) is 1. The number of anilines is 2. The van der Waals surface area contributed by atoms with Crippen LogP contribution in [-0.2, 0) is 14.8 Å². The number of halogens is 2. The molecule has 0 radical (unpaired) electrons. The Morgan fingerprint density at radius 3 is 2.27 bits per heavy atom. The van der Waals surface area contributed by atoms with Crippen LogP contribution in [0.5, 0.6) is 0 Å². The molecule has 0 unspecified atom stereocenters. The highest BCUT2D eigenvalue weighted by Gasteiger charge is 2.17. The Hall–Kier alpha value is -1.76. The number of hydrogen-bond donors (Lipinski definition) is 1. The highest BCUT2D eigenvalue weighted by molar-refractivity contribution is 7.92. The van der Waals surface area contributed by atoms with Crippen LogP contribution in [0.2, 0.25) is 10.0 Å². The van der Waals surface area contributed by atoms with E-state index in [1.807, 2.05) is 6.92 Å². The Bertz CT molecular complexity index is 884. The Balaban J connectivity index is 1.96. The van der Waals surface area contributed by atoms with Gasteiger partial charge in [0.2, 0.25) is 15.9 Å². The van der Waals surface area contributed by atoms with Gasteiger partial charge in [0.15, 0.2) is 0 Å². The molecule has 0 fully saturated rings. The van der Waals surface area contributed by atoms with Crippen LogP contribution in [-0.4, -0.2) is 27.1 Å². The molecule has 2 aromatic rings. The standard InChI is InChI=1S/C18H20Cl2N2O3S/c1-13-12-15(20)7-10-17(13)21-18(23)4-3-11-22(26(2,24)25)16-8-5-14(19)6-9-16/h5-10,12H,3-4,11H2,1-2H3,(H,21,23). The molecule has 0 aliphatic rings. The summed E-state index contributed by atoms with van der Waals surface area (Å²) < 4.78 is 25.3. The summed E-state index contributed by atoms with van der Waals surface area (Å²) >= 11 is 11.7. The third kappa shape index (κ3) is 5.90. The van der Waals surface area contributed by atoms with E-state index >= 15 is 0 Å². The number of sulfonamides is 1. The van der Waals surface area contributed by atoms with Gasteiger partial charge in [-0.1, -0.05) is 23.2 Å². The largest absolute Gasteiger partial charge is 0.326 e. The number of amides is 1. The lowest BCUT2D eigenvalue weighted by atomic mass is 10.2. The first kappa shape index (κ1) is 20.6. The summed E-state index contributed by atoms with van der Waals surface area (Å²) in [4.78, 5) is 12.1. The van der Waals surface area contributed by atoms with Crippen LogP contribution >= 0.6 is 23.2 Å². The molecule has 0 saturated heterocycles. The molecule has 0 aliphatic heterocycles. The van der Waals surface area contributed by atoms with Crippen molar-refractivity contribution in [2.75, 3.05) is 22.4 Å². The second kappa shape index (κ2) is 8.75. The van der Waals surface area contributed by atoms with Gasteiger partial charge in [0.1, 0.15) is 0 Å². The van der Waals surface area contributed by atoms with E-state index in [1.54, 1.807) is 42.5 Å².